The summed E-state index contributed by atoms with van der Waals surface area (Å²) in [5, 5.41) is 3.50. The Balaban J connectivity index is 1.10. The van der Waals surface area contributed by atoms with Crippen LogP contribution in [-0.4, -0.2) is 35.3 Å². The first-order chi connectivity index (χ1) is 19.3. The number of esters is 1. The van der Waals surface area contributed by atoms with E-state index in [2.05, 4.69) is 22.3 Å². The Labute approximate surface area is 238 Å². The van der Waals surface area contributed by atoms with Gasteiger partial charge in [-0.1, -0.05) is 35.9 Å². The number of nitrogens with one attached hydrogen (secondary N) is 1. The minimum absolute atomic E-state index is 0.0747. The Morgan fingerprint density at radius 2 is 1.60 bits per heavy atom. The van der Waals surface area contributed by atoms with E-state index in [9.17, 15) is 14.4 Å². The number of nitrogens with zero attached hydrogens (tertiary/aromatic N) is 1. The van der Waals surface area contributed by atoms with Gasteiger partial charge in [0.25, 0.3) is 11.8 Å². The lowest BCUT2D eigenvalue weighted by Crippen LogP contribution is -2.64. The number of hydrogen-bond donors (Lipinski definition) is 1. The molecule has 8 rings (SSSR count). The van der Waals surface area contributed by atoms with Gasteiger partial charge in [-0.25, -0.2) is 0 Å². The normalized spacial score (nSPS) is 27.9. The summed E-state index contributed by atoms with van der Waals surface area (Å²) in [5.74, 6) is 0.736. The highest BCUT2D eigenvalue weighted by molar-refractivity contribution is 6.30. The van der Waals surface area contributed by atoms with Crippen molar-refractivity contribution in [2.75, 3.05) is 12.4 Å². The van der Waals surface area contributed by atoms with E-state index in [0.717, 1.165) is 60.8 Å². The second-order valence-electron chi connectivity index (χ2n) is 12.3. The Hall–Kier alpha value is -3.64. The van der Waals surface area contributed by atoms with E-state index >= 15 is 0 Å². The van der Waals surface area contributed by atoms with Gasteiger partial charge in [-0.2, -0.15) is 0 Å². The molecule has 0 saturated heterocycles. The third kappa shape index (κ3) is 4.03. The summed E-state index contributed by atoms with van der Waals surface area (Å²) < 4.78 is 5.28. The quantitative estimate of drug-likeness (QED) is 0.355. The second-order valence-corrected chi connectivity index (χ2v) is 12.7. The van der Waals surface area contributed by atoms with Crippen molar-refractivity contribution in [3.8, 4) is 11.1 Å². The molecule has 5 aliphatic rings. The van der Waals surface area contributed by atoms with Crippen molar-refractivity contribution in [1.29, 1.82) is 0 Å². The molecular formula is C33H31ClN2O4. The van der Waals surface area contributed by atoms with Crippen LogP contribution in [0.4, 0.5) is 5.69 Å². The van der Waals surface area contributed by atoms with Crippen LogP contribution in [0.15, 0.2) is 66.7 Å². The van der Waals surface area contributed by atoms with Gasteiger partial charge in [-0.15, -0.1) is 0 Å². The van der Waals surface area contributed by atoms with Gasteiger partial charge in [0, 0.05) is 33.9 Å². The summed E-state index contributed by atoms with van der Waals surface area (Å²) in [7, 11) is 1.49. The summed E-state index contributed by atoms with van der Waals surface area (Å²) in [6.45, 7) is 0.598. The van der Waals surface area contributed by atoms with Crippen LogP contribution in [-0.2, 0) is 16.1 Å². The van der Waals surface area contributed by atoms with Crippen LogP contribution in [0.25, 0.3) is 11.1 Å². The first kappa shape index (κ1) is 25.3. The number of benzene rings is 3. The molecule has 40 heavy (non-hydrogen) atoms. The zero-order valence-corrected chi connectivity index (χ0v) is 23.2. The van der Waals surface area contributed by atoms with Crippen LogP contribution in [0.3, 0.4) is 0 Å². The molecule has 3 aromatic carbocycles. The number of amides is 2. The number of hydrogen-bond acceptors (Lipinski definition) is 4. The van der Waals surface area contributed by atoms with Gasteiger partial charge in [-0.05, 0) is 110 Å². The molecule has 2 amide bonds. The molecule has 4 fully saturated rings. The monoisotopic (exact) mass is 554 g/mol. The molecule has 0 radical (unpaired) electrons. The molecule has 1 aliphatic heterocycles. The Morgan fingerprint density at radius 1 is 0.925 bits per heavy atom. The fourth-order valence-electron chi connectivity index (χ4n) is 8.40. The molecule has 4 atom stereocenters. The third-order valence-corrected chi connectivity index (χ3v) is 9.97. The fraction of sp³-hybridized carbons (Fsp3) is 0.364. The van der Waals surface area contributed by atoms with Crippen LogP contribution < -0.4 is 5.32 Å². The van der Waals surface area contributed by atoms with Crippen LogP contribution in [0, 0.1) is 17.3 Å². The van der Waals surface area contributed by atoms with Gasteiger partial charge in [0.2, 0.25) is 0 Å². The van der Waals surface area contributed by atoms with Crippen LogP contribution in [0.5, 0.6) is 0 Å². The molecule has 4 saturated carbocycles. The standard InChI is InChI=1S/C33H31ClN2O4/c1-40-31(39)32-14-20-12-21(15-32)17-33(16-20,19-32)36-18-25-3-2-24(13-28(25)30(36)38)22-6-10-27(11-7-22)35-29(37)23-4-8-26(34)9-5-23/h2-11,13,20-21H,12,14-19H2,1H3,(H,35,37)/t20-,21+,32?,33?. The Morgan fingerprint density at radius 3 is 2.27 bits per heavy atom. The first-order valence-electron chi connectivity index (χ1n) is 14.0. The number of halogens is 1. The molecule has 6 nitrogen and oxygen atoms in total. The van der Waals surface area contributed by atoms with Crippen LogP contribution in [0.1, 0.15) is 64.8 Å². The summed E-state index contributed by atoms with van der Waals surface area (Å²) in [6.07, 6.45) is 5.64. The van der Waals surface area contributed by atoms with E-state index in [0.29, 0.717) is 34.7 Å². The minimum Gasteiger partial charge on any atom is -0.469 e. The van der Waals surface area contributed by atoms with Crippen molar-refractivity contribution >= 4 is 35.1 Å². The second kappa shape index (κ2) is 9.20. The lowest BCUT2D eigenvalue weighted by molar-refractivity contribution is -0.179. The van der Waals surface area contributed by atoms with E-state index in [1.54, 1.807) is 24.3 Å². The Kier molecular flexibility index (Phi) is 5.83. The third-order valence-electron chi connectivity index (χ3n) is 9.72. The van der Waals surface area contributed by atoms with Gasteiger partial charge in [-0.3, -0.25) is 14.4 Å². The highest BCUT2D eigenvalue weighted by Crippen LogP contribution is 2.64. The average Bonchev–Trinajstić information content (AvgIpc) is 3.29. The van der Waals surface area contributed by atoms with Gasteiger partial charge in [0.05, 0.1) is 12.5 Å². The maximum Gasteiger partial charge on any atom is 0.311 e. The van der Waals surface area contributed by atoms with E-state index in [1.807, 2.05) is 30.3 Å². The summed E-state index contributed by atoms with van der Waals surface area (Å²) >= 11 is 5.92. The average molecular weight is 555 g/mol. The van der Waals surface area contributed by atoms with Gasteiger partial charge < -0.3 is 15.0 Å². The summed E-state index contributed by atoms with van der Waals surface area (Å²) in [6, 6.07) is 20.5. The Bertz CT molecular complexity index is 1520. The highest BCUT2D eigenvalue weighted by Gasteiger charge is 2.64. The van der Waals surface area contributed by atoms with Crippen molar-refractivity contribution in [3.63, 3.8) is 0 Å². The van der Waals surface area contributed by atoms with Crippen molar-refractivity contribution < 1.29 is 19.1 Å². The zero-order chi connectivity index (χ0) is 27.6. The van der Waals surface area contributed by atoms with Gasteiger partial charge >= 0.3 is 5.97 Å². The van der Waals surface area contributed by atoms with Crippen molar-refractivity contribution in [1.82, 2.24) is 4.90 Å². The summed E-state index contributed by atoms with van der Waals surface area (Å²) in [4.78, 5) is 41.5. The number of fused-ring (bicyclic) bond motifs is 1. The number of rotatable bonds is 5. The van der Waals surface area contributed by atoms with E-state index < -0.39 is 5.41 Å². The maximum absolute atomic E-state index is 13.9. The first-order valence-corrected chi connectivity index (χ1v) is 14.4. The van der Waals surface area contributed by atoms with E-state index in [1.165, 1.54) is 7.11 Å². The topological polar surface area (TPSA) is 75.7 Å². The molecular weight excluding hydrogens is 524 g/mol. The molecule has 4 bridgehead atoms. The molecule has 0 aromatic heterocycles. The molecule has 1 N–H and O–H groups in total. The smallest absolute Gasteiger partial charge is 0.311 e. The lowest BCUT2D eigenvalue weighted by Gasteiger charge is -2.63. The van der Waals surface area contributed by atoms with Crippen molar-refractivity contribution in [3.05, 3.63) is 88.4 Å². The molecule has 7 heteroatoms. The lowest BCUT2D eigenvalue weighted by atomic mass is 9.46. The molecule has 0 spiro atoms. The largest absolute Gasteiger partial charge is 0.469 e. The van der Waals surface area contributed by atoms with Crippen LogP contribution >= 0.6 is 11.6 Å². The van der Waals surface area contributed by atoms with E-state index in [-0.39, 0.29) is 23.3 Å². The predicted molar refractivity (Wildman–Crippen MR) is 153 cm³/mol. The van der Waals surface area contributed by atoms with Crippen molar-refractivity contribution in [2.24, 2.45) is 17.3 Å². The van der Waals surface area contributed by atoms with Crippen molar-refractivity contribution in [2.45, 2.75) is 50.6 Å². The molecule has 204 valence electrons. The number of methoxy groups -OCH3 is 1. The van der Waals surface area contributed by atoms with E-state index in [4.69, 9.17) is 16.3 Å². The SMILES string of the molecule is COC(=O)C12C[C@H]3C[C@@H](C1)CC(N1Cc4ccc(-c5ccc(NC(=O)c6ccc(Cl)cc6)cc5)cc4C1=O)(C3)C2. The minimum atomic E-state index is -0.441. The predicted octanol–water partition coefficient (Wildman–Crippen LogP) is 6.73. The van der Waals surface area contributed by atoms with Gasteiger partial charge in [0.1, 0.15) is 0 Å². The van der Waals surface area contributed by atoms with Gasteiger partial charge in [0.15, 0.2) is 0 Å². The van der Waals surface area contributed by atoms with Crippen LogP contribution in [0.2, 0.25) is 5.02 Å². The number of ether oxygens (including phenoxy) is 1. The number of anilines is 1. The fourth-order valence-corrected chi connectivity index (χ4v) is 8.53. The molecule has 4 aliphatic carbocycles. The highest BCUT2D eigenvalue weighted by atomic mass is 35.5. The molecule has 3 aromatic rings. The molecule has 1 heterocycles. The number of carbonyl (C=O) groups is 3. The zero-order valence-electron chi connectivity index (χ0n) is 22.4. The maximum atomic E-state index is 13.9. The summed E-state index contributed by atoms with van der Waals surface area (Å²) in [5.41, 5.74) is 4.24. The number of carbonyl (C=O) groups excluding carboxylic acids is 3. The molecule has 2 unspecified atom stereocenters.